The highest BCUT2D eigenvalue weighted by Crippen LogP contribution is 2.28. The van der Waals surface area contributed by atoms with Crippen molar-refractivity contribution < 1.29 is 8.42 Å². The molecule has 0 aromatic heterocycles. The molecule has 0 aromatic rings. The third-order valence-electron chi connectivity index (χ3n) is 3.63. The van der Waals surface area contributed by atoms with E-state index in [1.54, 1.807) is 6.92 Å². The zero-order valence-electron chi connectivity index (χ0n) is 11.0. The minimum atomic E-state index is -3.38. The monoisotopic (exact) mass is 292 g/mol. The Morgan fingerprint density at radius 1 is 1.44 bits per heavy atom. The summed E-state index contributed by atoms with van der Waals surface area (Å²) in [6.45, 7) is 2.28. The van der Waals surface area contributed by atoms with Gasteiger partial charge in [0.2, 0.25) is 10.0 Å². The smallest absolute Gasteiger partial charge is 0.220 e. The van der Waals surface area contributed by atoms with Gasteiger partial charge in [0.15, 0.2) is 0 Å². The Morgan fingerprint density at radius 2 is 2.06 bits per heavy atom. The Morgan fingerprint density at radius 3 is 2.56 bits per heavy atom. The van der Waals surface area contributed by atoms with Gasteiger partial charge in [-0.25, -0.2) is 13.1 Å². The van der Waals surface area contributed by atoms with Gasteiger partial charge in [-0.05, 0) is 25.2 Å². The average molecular weight is 292 g/mol. The summed E-state index contributed by atoms with van der Waals surface area (Å²) in [5.74, 6) is 0.798. The maximum absolute atomic E-state index is 11.9. The highest BCUT2D eigenvalue weighted by molar-refractivity contribution is 7.93. The third kappa shape index (κ3) is 4.82. The molecule has 1 atom stereocenters. The van der Waals surface area contributed by atoms with Crippen molar-refractivity contribution in [2.24, 2.45) is 11.7 Å². The third-order valence-corrected chi connectivity index (χ3v) is 6.01. The molecule has 1 fully saturated rings. The zero-order valence-corrected chi connectivity index (χ0v) is 12.7. The number of nitrogens with two attached hydrogens (primary N) is 1. The fraction of sp³-hybridized carbons (Fsp3) is 0.917. The number of hydrogen-bond donors (Lipinski definition) is 2. The highest BCUT2D eigenvalue weighted by atomic mass is 32.2. The molecule has 1 aliphatic rings. The molecular formula is C12H24N2O2S2. The fourth-order valence-corrected chi connectivity index (χ4v) is 4.50. The molecule has 0 amide bonds. The summed E-state index contributed by atoms with van der Waals surface area (Å²) in [5.41, 5.74) is 5.45. The Bertz CT molecular complexity index is 362. The fourth-order valence-electron chi connectivity index (χ4n) is 2.58. The Labute approximate surface area is 116 Å². The second-order valence-electron chi connectivity index (χ2n) is 5.03. The highest BCUT2D eigenvalue weighted by Gasteiger charge is 2.25. The van der Waals surface area contributed by atoms with Crippen LogP contribution in [0.1, 0.15) is 51.9 Å². The lowest BCUT2D eigenvalue weighted by Gasteiger charge is -2.15. The van der Waals surface area contributed by atoms with Gasteiger partial charge in [0, 0.05) is 6.54 Å². The van der Waals surface area contributed by atoms with Gasteiger partial charge in [-0.15, -0.1) is 0 Å². The summed E-state index contributed by atoms with van der Waals surface area (Å²) < 4.78 is 26.5. The predicted molar refractivity (Wildman–Crippen MR) is 79.0 cm³/mol. The van der Waals surface area contributed by atoms with Gasteiger partial charge in [0.1, 0.15) is 5.25 Å². The molecule has 1 rings (SSSR count). The van der Waals surface area contributed by atoms with Gasteiger partial charge in [0.25, 0.3) is 0 Å². The van der Waals surface area contributed by atoms with Crippen LogP contribution in [-0.2, 0) is 10.0 Å². The molecule has 1 aliphatic carbocycles. The van der Waals surface area contributed by atoms with Gasteiger partial charge < -0.3 is 5.73 Å². The normalized spacial score (nSPS) is 18.9. The minimum Gasteiger partial charge on any atom is -0.392 e. The first-order chi connectivity index (χ1) is 8.47. The van der Waals surface area contributed by atoms with E-state index in [-0.39, 0.29) is 4.99 Å². The topological polar surface area (TPSA) is 72.2 Å². The molecule has 0 bridgehead atoms. The van der Waals surface area contributed by atoms with Crippen molar-refractivity contribution in [1.29, 1.82) is 0 Å². The van der Waals surface area contributed by atoms with Crippen molar-refractivity contribution in [3.8, 4) is 0 Å². The van der Waals surface area contributed by atoms with E-state index in [9.17, 15) is 8.42 Å². The first-order valence-corrected chi connectivity index (χ1v) is 8.70. The Hall–Kier alpha value is -0.200. The standard InChI is InChI=1S/C12H24N2O2S2/c1-2-11(12(13)17)18(15,16)14-9-5-8-10-6-3-4-7-10/h10-11,14H,2-9H2,1H3,(H2,13,17). The largest absolute Gasteiger partial charge is 0.392 e. The number of hydrogen-bond acceptors (Lipinski definition) is 3. The van der Waals surface area contributed by atoms with Crippen molar-refractivity contribution in [3.63, 3.8) is 0 Å². The number of thiocarbonyl (C=S) groups is 1. The Kier molecular flexibility index (Phi) is 6.52. The second kappa shape index (κ2) is 7.40. The molecule has 1 unspecified atom stereocenters. The maximum Gasteiger partial charge on any atom is 0.220 e. The van der Waals surface area contributed by atoms with Gasteiger partial charge in [0.05, 0.1) is 4.99 Å². The van der Waals surface area contributed by atoms with Gasteiger partial charge >= 0.3 is 0 Å². The molecule has 0 saturated heterocycles. The molecule has 0 radical (unpaired) electrons. The molecule has 3 N–H and O–H groups in total. The molecule has 106 valence electrons. The first kappa shape index (κ1) is 15.9. The van der Waals surface area contributed by atoms with E-state index in [1.807, 2.05) is 0 Å². The van der Waals surface area contributed by atoms with E-state index in [2.05, 4.69) is 4.72 Å². The summed E-state index contributed by atoms with van der Waals surface area (Å²) in [6.07, 6.45) is 7.71. The predicted octanol–water partition coefficient (Wildman–Crippen LogP) is 1.94. The van der Waals surface area contributed by atoms with Crippen LogP contribution in [0.2, 0.25) is 0 Å². The molecular weight excluding hydrogens is 268 g/mol. The summed E-state index contributed by atoms with van der Waals surface area (Å²) in [6, 6.07) is 0. The van der Waals surface area contributed by atoms with E-state index in [4.69, 9.17) is 18.0 Å². The van der Waals surface area contributed by atoms with Crippen molar-refractivity contribution in [2.75, 3.05) is 6.54 Å². The first-order valence-electron chi connectivity index (χ1n) is 6.75. The maximum atomic E-state index is 11.9. The molecule has 1 saturated carbocycles. The summed E-state index contributed by atoms with van der Waals surface area (Å²) in [5, 5.41) is -0.737. The van der Waals surface area contributed by atoms with Crippen LogP contribution in [0, 0.1) is 5.92 Å². The van der Waals surface area contributed by atoms with Crippen LogP contribution in [0.5, 0.6) is 0 Å². The van der Waals surface area contributed by atoms with Crippen molar-refractivity contribution >= 4 is 27.2 Å². The lowest BCUT2D eigenvalue weighted by molar-refractivity contribution is 0.480. The van der Waals surface area contributed by atoms with E-state index in [1.165, 1.54) is 25.7 Å². The van der Waals surface area contributed by atoms with Crippen LogP contribution in [0.15, 0.2) is 0 Å². The van der Waals surface area contributed by atoms with Crippen molar-refractivity contribution in [3.05, 3.63) is 0 Å². The second-order valence-corrected chi connectivity index (χ2v) is 7.45. The zero-order chi connectivity index (χ0) is 13.6. The summed E-state index contributed by atoms with van der Waals surface area (Å²) in [7, 11) is -3.38. The van der Waals surface area contributed by atoms with Crippen molar-refractivity contribution in [2.45, 2.75) is 57.1 Å². The van der Waals surface area contributed by atoms with Gasteiger partial charge in [-0.3, -0.25) is 0 Å². The van der Waals surface area contributed by atoms with E-state index < -0.39 is 15.3 Å². The minimum absolute atomic E-state index is 0.0563. The van der Waals surface area contributed by atoms with Gasteiger partial charge in [-0.1, -0.05) is 44.8 Å². The van der Waals surface area contributed by atoms with E-state index >= 15 is 0 Å². The van der Waals surface area contributed by atoms with Crippen molar-refractivity contribution in [1.82, 2.24) is 4.72 Å². The van der Waals surface area contributed by atoms with Crippen LogP contribution in [-0.4, -0.2) is 25.2 Å². The van der Waals surface area contributed by atoms with Crippen LogP contribution in [0.25, 0.3) is 0 Å². The molecule has 4 nitrogen and oxygen atoms in total. The molecule has 18 heavy (non-hydrogen) atoms. The lowest BCUT2D eigenvalue weighted by Crippen LogP contribution is -2.41. The number of sulfonamides is 1. The average Bonchev–Trinajstić information content (AvgIpc) is 2.77. The summed E-state index contributed by atoms with van der Waals surface area (Å²) >= 11 is 4.79. The Balaban J connectivity index is 2.30. The molecule has 0 heterocycles. The molecule has 0 aromatic carbocycles. The van der Waals surface area contributed by atoms with Crippen LogP contribution in [0.3, 0.4) is 0 Å². The van der Waals surface area contributed by atoms with Gasteiger partial charge in [-0.2, -0.15) is 0 Å². The molecule has 0 aliphatic heterocycles. The molecule has 6 heteroatoms. The quantitative estimate of drug-likeness (QED) is 0.530. The van der Waals surface area contributed by atoms with Crippen LogP contribution >= 0.6 is 12.2 Å². The lowest BCUT2D eigenvalue weighted by atomic mass is 10.0. The van der Waals surface area contributed by atoms with Crippen LogP contribution in [0.4, 0.5) is 0 Å². The number of rotatable bonds is 8. The molecule has 0 spiro atoms. The van der Waals surface area contributed by atoms with E-state index in [0.29, 0.717) is 13.0 Å². The van der Waals surface area contributed by atoms with E-state index in [0.717, 1.165) is 18.8 Å². The number of nitrogens with one attached hydrogen (secondary N) is 1. The summed E-state index contributed by atoms with van der Waals surface area (Å²) in [4.78, 5) is 0.0563. The van der Waals surface area contributed by atoms with Crippen LogP contribution < -0.4 is 10.5 Å². The SMILES string of the molecule is CCC(C(N)=S)S(=O)(=O)NCCCC1CCCC1.